The Bertz CT molecular complexity index is 1160. The molecule has 2 aromatic rings. The third-order valence-corrected chi connectivity index (χ3v) is 8.15. The molecule has 1 N–H and O–H groups in total. The van der Waals surface area contributed by atoms with Gasteiger partial charge in [-0.3, -0.25) is 4.79 Å². The van der Waals surface area contributed by atoms with Crippen LogP contribution in [-0.2, 0) is 21.2 Å². The van der Waals surface area contributed by atoms with E-state index in [4.69, 9.17) is 0 Å². The fourth-order valence-corrected chi connectivity index (χ4v) is 6.33. The maximum Gasteiger partial charge on any atom is 0.226 e. The third kappa shape index (κ3) is 4.30. The second-order valence-corrected chi connectivity index (χ2v) is 11.7. The number of rotatable bonds is 6. The molecule has 0 unspecified atom stereocenters. The van der Waals surface area contributed by atoms with Crippen LogP contribution in [0.3, 0.4) is 0 Å². The van der Waals surface area contributed by atoms with Crippen LogP contribution in [0, 0.1) is 17.2 Å². The predicted octanol–water partition coefficient (Wildman–Crippen LogP) is 3.69. The van der Waals surface area contributed by atoms with Crippen molar-refractivity contribution in [2.75, 3.05) is 12.8 Å². The van der Waals surface area contributed by atoms with Gasteiger partial charge in [0.2, 0.25) is 15.9 Å². The van der Waals surface area contributed by atoms with Crippen molar-refractivity contribution in [2.45, 2.75) is 50.4 Å². The van der Waals surface area contributed by atoms with Gasteiger partial charge in [0.05, 0.1) is 12.3 Å². The first-order chi connectivity index (χ1) is 15.7. The molecule has 5 rings (SSSR count). The molecule has 1 heterocycles. The molecule has 3 fully saturated rings. The summed E-state index contributed by atoms with van der Waals surface area (Å²) in [5.74, 6) is -0.883. The Kier molecular flexibility index (Phi) is 5.56. The van der Waals surface area contributed by atoms with Gasteiger partial charge in [-0.2, -0.15) is 0 Å². The minimum atomic E-state index is -3.54. The van der Waals surface area contributed by atoms with Gasteiger partial charge >= 0.3 is 0 Å². The lowest BCUT2D eigenvalue weighted by molar-refractivity contribution is -0.141. The lowest BCUT2D eigenvalue weighted by Crippen LogP contribution is -2.51. The van der Waals surface area contributed by atoms with Gasteiger partial charge in [-0.25, -0.2) is 21.9 Å². The first kappa shape index (κ1) is 22.5. The summed E-state index contributed by atoms with van der Waals surface area (Å²) in [5.41, 5.74) is 1.34. The second-order valence-electron chi connectivity index (χ2n) is 9.88. The van der Waals surface area contributed by atoms with Crippen LogP contribution in [0.2, 0.25) is 0 Å². The smallest absolute Gasteiger partial charge is 0.226 e. The Labute approximate surface area is 193 Å². The number of carbonyl (C=O) groups is 1. The Morgan fingerprint density at radius 3 is 2.42 bits per heavy atom. The van der Waals surface area contributed by atoms with E-state index in [9.17, 15) is 17.6 Å². The molecule has 0 radical (unpaired) electrons. The molecular weight excluding hydrogens is 446 g/mol. The molecule has 1 spiro atoms. The van der Waals surface area contributed by atoms with Crippen molar-refractivity contribution in [1.82, 2.24) is 9.62 Å². The molecule has 0 bridgehead atoms. The largest absolute Gasteiger partial charge is 0.337 e. The minimum Gasteiger partial charge on any atom is -0.337 e. The molecule has 0 aromatic heterocycles. The Balaban J connectivity index is 1.49. The molecule has 1 amide bonds. The summed E-state index contributed by atoms with van der Waals surface area (Å²) in [6.07, 6.45) is 2.38. The first-order valence-electron chi connectivity index (χ1n) is 11.4. The van der Waals surface area contributed by atoms with E-state index in [1.165, 1.54) is 0 Å². The molecule has 8 heteroatoms. The molecule has 2 aliphatic carbocycles. The van der Waals surface area contributed by atoms with Crippen LogP contribution in [0.4, 0.5) is 8.78 Å². The molecular formula is C25H28F2N2O3S. The maximum atomic E-state index is 15.6. The highest BCUT2D eigenvalue weighted by Crippen LogP contribution is 2.56. The van der Waals surface area contributed by atoms with E-state index in [0.717, 1.165) is 24.7 Å². The van der Waals surface area contributed by atoms with E-state index >= 15 is 4.39 Å². The fourth-order valence-electron chi connectivity index (χ4n) is 5.46. The number of carbonyl (C=O) groups excluding carboxylic acids is 1. The molecule has 2 aromatic carbocycles. The Morgan fingerprint density at radius 2 is 1.82 bits per heavy atom. The van der Waals surface area contributed by atoms with Crippen LogP contribution >= 0.6 is 0 Å². The monoisotopic (exact) mass is 474 g/mol. The number of amides is 1. The lowest BCUT2D eigenvalue weighted by atomic mass is 9.82. The topological polar surface area (TPSA) is 66.5 Å². The summed E-state index contributed by atoms with van der Waals surface area (Å²) < 4.78 is 56.2. The number of nitrogens with one attached hydrogen (secondary N) is 1. The van der Waals surface area contributed by atoms with Crippen LogP contribution in [0.15, 0.2) is 48.5 Å². The zero-order chi connectivity index (χ0) is 23.4. The van der Waals surface area contributed by atoms with E-state index in [1.54, 1.807) is 23.1 Å². The van der Waals surface area contributed by atoms with E-state index < -0.39 is 28.3 Å². The van der Waals surface area contributed by atoms with Crippen LogP contribution in [0.5, 0.6) is 0 Å². The Hall–Kier alpha value is -2.32. The van der Waals surface area contributed by atoms with Crippen molar-refractivity contribution in [2.24, 2.45) is 11.3 Å². The zero-order valence-corrected chi connectivity index (χ0v) is 19.3. The van der Waals surface area contributed by atoms with Gasteiger partial charge in [-0.05, 0) is 43.2 Å². The number of likely N-dealkylation sites (tertiary alicyclic amines) is 1. The van der Waals surface area contributed by atoms with Crippen molar-refractivity contribution in [3.05, 3.63) is 59.9 Å². The standard InChI is InChI=1S/C25H28F2N2O3S/c1-33(31,32)28-23-21(29(15-25(23)10-11-25)24(30)18-12-19(26)13-18)14-17-8-5-9-20(22(17)27)16-6-3-2-4-7-16/h2-9,18-19,21,23,28H,10-15H2,1H3/t18?,19?,21-,23+/m0/s1. The van der Waals surface area contributed by atoms with Crippen molar-refractivity contribution < 1.29 is 22.0 Å². The van der Waals surface area contributed by atoms with E-state index in [1.807, 2.05) is 30.3 Å². The number of nitrogens with zero attached hydrogens (tertiary/aromatic N) is 1. The van der Waals surface area contributed by atoms with Gasteiger partial charge in [0.1, 0.15) is 12.0 Å². The Morgan fingerprint density at radius 1 is 1.12 bits per heavy atom. The van der Waals surface area contributed by atoms with Gasteiger partial charge in [-0.15, -0.1) is 0 Å². The van der Waals surface area contributed by atoms with Crippen LogP contribution in [0.25, 0.3) is 11.1 Å². The van der Waals surface area contributed by atoms with Crippen molar-refractivity contribution in [3.8, 4) is 11.1 Å². The number of hydrogen-bond acceptors (Lipinski definition) is 3. The lowest BCUT2D eigenvalue weighted by Gasteiger charge is -2.36. The van der Waals surface area contributed by atoms with Gasteiger partial charge in [0.25, 0.3) is 0 Å². The molecule has 1 aliphatic heterocycles. The number of hydrogen-bond donors (Lipinski definition) is 1. The summed E-state index contributed by atoms with van der Waals surface area (Å²) in [4.78, 5) is 15.0. The van der Waals surface area contributed by atoms with Crippen molar-refractivity contribution in [3.63, 3.8) is 0 Å². The molecule has 2 atom stereocenters. The normalized spacial score (nSPS) is 28.0. The van der Waals surface area contributed by atoms with Gasteiger partial charge in [0.15, 0.2) is 0 Å². The SMILES string of the molecule is CS(=O)(=O)N[C@@H]1[C@H](Cc2cccc(-c3ccccc3)c2F)N(C(=O)C2CC(F)C2)CC12CC2. The van der Waals surface area contributed by atoms with Gasteiger partial charge < -0.3 is 4.90 Å². The second kappa shape index (κ2) is 8.17. The minimum absolute atomic E-state index is 0.141. The maximum absolute atomic E-state index is 15.6. The average molecular weight is 475 g/mol. The number of benzene rings is 2. The quantitative estimate of drug-likeness (QED) is 0.695. The predicted molar refractivity (Wildman–Crippen MR) is 122 cm³/mol. The summed E-state index contributed by atoms with van der Waals surface area (Å²) in [6.45, 7) is 0.428. The number of halogens is 2. The van der Waals surface area contributed by atoms with Crippen molar-refractivity contribution >= 4 is 15.9 Å². The molecule has 176 valence electrons. The fraction of sp³-hybridized carbons (Fsp3) is 0.480. The third-order valence-electron chi connectivity index (χ3n) is 7.47. The van der Waals surface area contributed by atoms with E-state index in [-0.39, 0.29) is 42.3 Å². The van der Waals surface area contributed by atoms with Gasteiger partial charge in [0, 0.05) is 29.5 Å². The number of sulfonamides is 1. The van der Waals surface area contributed by atoms with Crippen LogP contribution in [0.1, 0.15) is 31.2 Å². The highest BCUT2D eigenvalue weighted by molar-refractivity contribution is 7.88. The van der Waals surface area contributed by atoms with E-state index in [2.05, 4.69) is 4.72 Å². The first-order valence-corrected chi connectivity index (χ1v) is 13.3. The average Bonchev–Trinajstić information content (AvgIpc) is 3.48. The van der Waals surface area contributed by atoms with E-state index in [0.29, 0.717) is 17.7 Å². The molecule has 33 heavy (non-hydrogen) atoms. The van der Waals surface area contributed by atoms with Crippen molar-refractivity contribution in [1.29, 1.82) is 0 Å². The summed E-state index contributed by atoms with van der Waals surface area (Å²) >= 11 is 0. The summed E-state index contributed by atoms with van der Waals surface area (Å²) in [6, 6.07) is 13.4. The molecule has 5 nitrogen and oxygen atoms in total. The van der Waals surface area contributed by atoms with Crippen LogP contribution in [-0.4, -0.2) is 50.3 Å². The highest BCUT2D eigenvalue weighted by Gasteiger charge is 2.61. The molecule has 3 aliphatic rings. The summed E-state index contributed by atoms with van der Waals surface area (Å²) in [7, 11) is -3.54. The van der Waals surface area contributed by atoms with Gasteiger partial charge in [-0.1, -0.05) is 48.5 Å². The molecule has 2 saturated carbocycles. The van der Waals surface area contributed by atoms with Crippen LogP contribution < -0.4 is 4.72 Å². The summed E-state index contributed by atoms with van der Waals surface area (Å²) in [5, 5.41) is 0. The molecule has 1 saturated heterocycles. The number of alkyl halides is 1. The zero-order valence-electron chi connectivity index (χ0n) is 18.5. The highest BCUT2D eigenvalue weighted by atomic mass is 32.2.